The van der Waals surface area contributed by atoms with E-state index >= 15 is 0 Å². The van der Waals surface area contributed by atoms with Crippen LogP contribution in [0.5, 0.6) is 0 Å². The molecule has 0 aliphatic carbocycles. The molecule has 0 unspecified atom stereocenters. The molecule has 6 nitrogen and oxygen atoms in total. The van der Waals surface area contributed by atoms with Gasteiger partial charge in [0.2, 0.25) is 0 Å². The molecule has 1 rings (SSSR count). The van der Waals surface area contributed by atoms with Crippen molar-refractivity contribution in [3.63, 3.8) is 0 Å². The Bertz CT molecular complexity index is 408. The van der Waals surface area contributed by atoms with Gasteiger partial charge in [-0.2, -0.15) is 5.90 Å². The van der Waals surface area contributed by atoms with Crippen molar-refractivity contribution in [2.75, 3.05) is 0 Å². The maximum Gasteiger partial charge on any atom is 0.341 e. The van der Waals surface area contributed by atoms with Gasteiger partial charge in [0.1, 0.15) is 12.6 Å². The maximum atomic E-state index is 11.4. The number of esters is 1. The number of benzene rings is 1. The van der Waals surface area contributed by atoms with Gasteiger partial charge in [-0.25, -0.2) is 4.79 Å². The zero-order chi connectivity index (χ0) is 14.1. The van der Waals surface area contributed by atoms with Gasteiger partial charge in [-0.15, -0.1) is 0 Å². The second-order valence-corrected chi connectivity index (χ2v) is 4.08. The van der Waals surface area contributed by atoms with Gasteiger partial charge in [0.25, 0.3) is 0 Å². The molecule has 0 radical (unpaired) electrons. The standard InChI is InChI=1S/C13H18N2O4/c14-11(13(17)19-15)7-4-8-12(16)18-9-10-5-2-1-3-6-10/h1-3,5-6,11H,4,7-9,14-15H2/t11-/m0/s1. The quantitative estimate of drug-likeness (QED) is 0.554. The van der Waals surface area contributed by atoms with Crippen molar-refractivity contribution in [1.29, 1.82) is 0 Å². The zero-order valence-corrected chi connectivity index (χ0v) is 10.6. The Labute approximate surface area is 111 Å². The first-order valence-electron chi connectivity index (χ1n) is 5.99. The average Bonchev–Trinajstić information content (AvgIpc) is 2.45. The minimum absolute atomic E-state index is 0.207. The summed E-state index contributed by atoms with van der Waals surface area (Å²) in [6.45, 7) is 0.247. The van der Waals surface area contributed by atoms with Crippen LogP contribution >= 0.6 is 0 Å². The number of hydrogen-bond acceptors (Lipinski definition) is 6. The monoisotopic (exact) mass is 266 g/mol. The lowest BCUT2D eigenvalue weighted by molar-refractivity contribution is -0.147. The SMILES string of the molecule is NOC(=O)[C@@H](N)CCCC(=O)OCc1ccccc1. The molecule has 0 heterocycles. The molecular formula is C13H18N2O4. The fourth-order valence-corrected chi connectivity index (χ4v) is 1.48. The second kappa shape index (κ2) is 8.23. The highest BCUT2D eigenvalue weighted by molar-refractivity contribution is 5.75. The highest BCUT2D eigenvalue weighted by Gasteiger charge is 2.14. The average molecular weight is 266 g/mol. The van der Waals surface area contributed by atoms with Crippen molar-refractivity contribution in [1.82, 2.24) is 0 Å². The van der Waals surface area contributed by atoms with Crippen LogP contribution in [-0.4, -0.2) is 18.0 Å². The number of carbonyl (C=O) groups excluding carboxylic acids is 2. The topological polar surface area (TPSA) is 105 Å². The third kappa shape index (κ3) is 5.98. The van der Waals surface area contributed by atoms with Crippen molar-refractivity contribution in [2.45, 2.75) is 31.9 Å². The van der Waals surface area contributed by atoms with Gasteiger partial charge < -0.3 is 15.3 Å². The van der Waals surface area contributed by atoms with E-state index in [2.05, 4.69) is 4.84 Å². The summed E-state index contributed by atoms with van der Waals surface area (Å²) in [4.78, 5) is 26.3. The molecule has 0 aromatic heterocycles. The molecule has 1 atom stereocenters. The van der Waals surface area contributed by atoms with Gasteiger partial charge in [0.05, 0.1) is 0 Å². The number of hydrogen-bond donors (Lipinski definition) is 2. The van der Waals surface area contributed by atoms with Crippen molar-refractivity contribution in [3.8, 4) is 0 Å². The second-order valence-electron chi connectivity index (χ2n) is 4.08. The predicted molar refractivity (Wildman–Crippen MR) is 68.3 cm³/mol. The molecule has 0 amide bonds. The van der Waals surface area contributed by atoms with Crippen LogP contribution in [-0.2, 0) is 25.8 Å². The van der Waals surface area contributed by atoms with Gasteiger partial charge in [-0.3, -0.25) is 4.79 Å². The molecule has 4 N–H and O–H groups in total. The molecule has 0 spiro atoms. The van der Waals surface area contributed by atoms with Crippen LogP contribution in [0, 0.1) is 0 Å². The lowest BCUT2D eigenvalue weighted by atomic mass is 10.1. The zero-order valence-electron chi connectivity index (χ0n) is 10.6. The van der Waals surface area contributed by atoms with Crippen LogP contribution < -0.4 is 11.6 Å². The van der Waals surface area contributed by atoms with Crippen molar-refractivity contribution >= 4 is 11.9 Å². The smallest absolute Gasteiger partial charge is 0.341 e. The molecule has 1 aromatic carbocycles. The number of carbonyl (C=O) groups is 2. The summed E-state index contributed by atoms with van der Waals surface area (Å²) < 4.78 is 5.08. The van der Waals surface area contributed by atoms with E-state index in [9.17, 15) is 9.59 Å². The molecule has 104 valence electrons. The Hall–Kier alpha value is -1.92. The van der Waals surface area contributed by atoms with Gasteiger partial charge in [-0.1, -0.05) is 30.3 Å². The van der Waals surface area contributed by atoms with Gasteiger partial charge in [0, 0.05) is 6.42 Å². The van der Waals surface area contributed by atoms with Gasteiger partial charge >= 0.3 is 11.9 Å². The highest BCUT2D eigenvalue weighted by Crippen LogP contribution is 2.05. The summed E-state index contributed by atoms with van der Waals surface area (Å²) in [7, 11) is 0. The summed E-state index contributed by atoms with van der Waals surface area (Å²) in [5.41, 5.74) is 6.40. The minimum atomic E-state index is -0.799. The molecule has 19 heavy (non-hydrogen) atoms. The summed E-state index contributed by atoms with van der Waals surface area (Å²) >= 11 is 0. The molecule has 0 bridgehead atoms. The molecular weight excluding hydrogens is 248 g/mol. The predicted octanol–water partition coefficient (Wildman–Crippen LogP) is 0.644. The molecule has 0 aliphatic heterocycles. The van der Waals surface area contributed by atoms with Gasteiger partial charge in [-0.05, 0) is 18.4 Å². The summed E-state index contributed by atoms with van der Waals surface area (Å²) in [6, 6.07) is 8.60. The summed E-state index contributed by atoms with van der Waals surface area (Å²) in [5.74, 6) is 3.69. The van der Waals surface area contributed by atoms with Crippen LogP contribution in [0.15, 0.2) is 30.3 Å². The van der Waals surface area contributed by atoms with E-state index in [4.69, 9.17) is 16.4 Å². The van der Waals surface area contributed by atoms with Crippen molar-refractivity contribution in [3.05, 3.63) is 35.9 Å². The van der Waals surface area contributed by atoms with E-state index in [0.717, 1.165) is 5.56 Å². The Balaban J connectivity index is 2.16. The number of ether oxygens (including phenoxy) is 1. The Kier molecular flexibility index (Phi) is 6.56. The van der Waals surface area contributed by atoms with Crippen LogP contribution in [0.4, 0.5) is 0 Å². The summed E-state index contributed by atoms with van der Waals surface area (Å²) in [6.07, 6.45) is 0.985. The lowest BCUT2D eigenvalue weighted by Crippen LogP contribution is -2.33. The fourth-order valence-electron chi connectivity index (χ4n) is 1.48. The van der Waals surface area contributed by atoms with Crippen molar-refractivity contribution in [2.24, 2.45) is 11.6 Å². The molecule has 6 heteroatoms. The summed E-state index contributed by atoms with van der Waals surface area (Å²) in [5, 5.41) is 0. The first kappa shape index (κ1) is 15.1. The minimum Gasteiger partial charge on any atom is -0.461 e. The van der Waals surface area contributed by atoms with E-state index < -0.39 is 12.0 Å². The van der Waals surface area contributed by atoms with Crippen LogP contribution in [0.2, 0.25) is 0 Å². The number of nitrogens with two attached hydrogens (primary N) is 2. The first-order valence-corrected chi connectivity index (χ1v) is 5.99. The van der Waals surface area contributed by atoms with E-state index in [1.807, 2.05) is 30.3 Å². The molecule has 1 aromatic rings. The third-order valence-electron chi connectivity index (χ3n) is 2.56. The fraction of sp³-hybridized carbons (Fsp3) is 0.385. The maximum absolute atomic E-state index is 11.4. The molecule has 0 aliphatic rings. The van der Waals surface area contributed by atoms with Crippen molar-refractivity contribution < 1.29 is 19.2 Å². The van der Waals surface area contributed by atoms with Crippen LogP contribution in [0.3, 0.4) is 0 Å². The van der Waals surface area contributed by atoms with E-state index in [0.29, 0.717) is 12.8 Å². The lowest BCUT2D eigenvalue weighted by Gasteiger charge is -2.08. The Morgan fingerprint density at radius 1 is 1.21 bits per heavy atom. The van der Waals surface area contributed by atoms with Gasteiger partial charge in [0.15, 0.2) is 0 Å². The van der Waals surface area contributed by atoms with E-state index in [1.165, 1.54) is 0 Å². The molecule has 0 saturated carbocycles. The number of rotatable bonds is 7. The molecule has 0 fully saturated rings. The van der Waals surface area contributed by atoms with E-state index in [-0.39, 0.29) is 19.0 Å². The third-order valence-corrected chi connectivity index (χ3v) is 2.56. The first-order chi connectivity index (χ1) is 9.13. The highest BCUT2D eigenvalue weighted by atomic mass is 16.7. The molecule has 0 saturated heterocycles. The van der Waals surface area contributed by atoms with Crippen LogP contribution in [0.1, 0.15) is 24.8 Å². The normalized spacial score (nSPS) is 11.7. The van der Waals surface area contributed by atoms with E-state index in [1.54, 1.807) is 0 Å². The largest absolute Gasteiger partial charge is 0.461 e. The Morgan fingerprint density at radius 2 is 1.89 bits per heavy atom. The Morgan fingerprint density at radius 3 is 2.53 bits per heavy atom. The van der Waals surface area contributed by atoms with Crippen LogP contribution in [0.25, 0.3) is 0 Å².